The number of hydrogen-bond donors (Lipinski definition) is 1. The van der Waals surface area contributed by atoms with Gasteiger partial charge in [0.1, 0.15) is 0 Å². The van der Waals surface area contributed by atoms with Crippen molar-refractivity contribution in [2.45, 2.75) is 19.8 Å². The third-order valence-electron chi connectivity index (χ3n) is 2.05. The van der Waals surface area contributed by atoms with E-state index in [-0.39, 0.29) is 11.7 Å². The minimum Gasteiger partial charge on any atom is -0.368 e. The van der Waals surface area contributed by atoms with Crippen LogP contribution in [0.2, 0.25) is 0 Å². The zero-order valence-electron chi connectivity index (χ0n) is 6.79. The van der Waals surface area contributed by atoms with Crippen molar-refractivity contribution in [1.82, 2.24) is 9.97 Å². The molecule has 1 aromatic rings. The van der Waals surface area contributed by atoms with Crippen molar-refractivity contribution >= 4 is 11.7 Å². The lowest BCUT2D eigenvalue weighted by Gasteiger charge is -2.01. The van der Waals surface area contributed by atoms with Gasteiger partial charge in [-0.1, -0.05) is 0 Å². The molecule has 1 aromatic heterocycles. The smallest absolute Gasteiger partial charge is 0.220 e. The molecule has 0 atom stereocenters. The zero-order chi connectivity index (χ0) is 8.72. The van der Waals surface area contributed by atoms with Crippen molar-refractivity contribution in [3.63, 3.8) is 0 Å². The summed E-state index contributed by atoms with van der Waals surface area (Å²) in [6.45, 7) is 1.79. The van der Waals surface area contributed by atoms with Crippen LogP contribution in [-0.2, 0) is 6.42 Å². The van der Waals surface area contributed by atoms with E-state index in [0.717, 1.165) is 5.69 Å². The summed E-state index contributed by atoms with van der Waals surface area (Å²) in [5.41, 5.74) is 7.65. The number of carbonyl (C=O) groups is 1. The minimum absolute atomic E-state index is 0.141. The second-order valence-corrected chi connectivity index (χ2v) is 2.91. The average molecular weight is 163 g/mol. The number of nitrogens with two attached hydrogens (primary N) is 1. The fourth-order valence-electron chi connectivity index (χ4n) is 1.56. The van der Waals surface area contributed by atoms with E-state index < -0.39 is 0 Å². The number of nitrogen functional groups attached to an aromatic ring is 1. The first kappa shape index (κ1) is 7.21. The summed E-state index contributed by atoms with van der Waals surface area (Å²) in [5, 5.41) is 0. The summed E-state index contributed by atoms with van der Waals surface area (Å²) in [4.78, 5) is 19.2. The highest BCUT2D eigenvalue weighted by atomic mass is 16.1. The Labute approximate surface area is 69.8 Å². The number of fused-ring (bicyclic) bond motifs is 1. The van der Waals surface area contributed by atoms with E-state index >= 15 is 0 Å². The lowest BCUT2D eigenvalue weighted by molar-refractivity contribution is 0.0994. The molecule has 0 spiro atoms. The van der Waals surface area contributed by atoms with E-state index in [1.165, 1.54) is 0 Å². The maximum absolute atomic E-state index is 11.3. The van der Waals surface area contributed by atoms with Crippen molar-refractivity contribution < 1.29 is 4.79 Å². The van der Waals surface area contributed by atoms with Gasteiger partial charge >= 0.3 is 0 Å². The molecule has 0 bridgehead atoms. The first-order chi connectivity index (χ1) is 5.68. The molecule has 62 valence electrons. The van der Waals surface area contributed by atoms with Gasteiger partial charge in [0.2, 0.25) is 5.95 Å². The summed E-state index contributed by atoms with van der Waals surface area (Å²) in [7, 11) is 0. The summed E-state index contributed by atoms with van der Waals surface area (Å²) in [6, 6.07) is 0. The predicted octanol–water partition coefficient (Wildman–Crippen LogP) is 0.496. The van der Waals surface area contributed by atoms with E-state index in [2.05, 4.69) is 9.97 Å². The quantitative estimate of drug-likeness (QED) is 0.604. The van der Waals surface area contributed by atoms with Crippen LogP contribution < -0.4 is 5.73 Å². The molecule has 2 rings (SSSR count). The molecule has 0 amide bonds. The number of rotatable bonds is 0. The van der Waals surface area contributed by atoms with Crippen LogP contribution in [0.15, 0.2) is 0 Å². The molecular weight excluding hydrogens is 154 g/mol. The summed E-state index contributed by atoms with van der Waals surface area (Å²) in [5.74, 6) is 0.406. The molecule has 1 aliphatic rings. The minimum atomic E-state index is 0.141. The van der Waals surface area contributed by atoms with Crippen LogP contribution in [-0.4, -0.2) is 15.8 Å². The molecule has 12 heavy (non-hydrogen) atoms. The Morgan fingerprint density at radius 1 is 1.33 bits per heavy atom. The van der Waals surface area contributed by atoms with Crippen molar-refractivity contribution in [2.75, 3.05) is 5.73 Å². The van der Waals surface area contributed by atoms with Crippen molar-refractivity contribution in [2.24, 2.45) is 0 Å². The van der Waals surface area contributed by atoms with Gasteiger partial charge in [0.25, 0.3) is 0 Å². The molecule has 1 heterocycles. The highest BCUT2D eigenvalue weighted by Crippen LogP contribution is 2.22. The molecular formula is C8H9N3O. The SMILES string of the molecule is Cc1nc(N)nc2c1C(=O)CC2. The fourth-order valence-corrected chi connectivity index (χ4v) is 1.56. The van der Waals surface area contributed by atoms with Gasteiger partial charge in [0.05, 0.1) is 17.0 Å². The van der Waals surface area contributed by atoms with E-state index in [1.54, 1.807) is 6.92 Å². The van der Waals surface area contributed by atoms with Gasteiger partial charge in [-0.2, -0.15) is 0 Å². The topological polar surface area (TPSA) is 68.9 Å². The highest BCUT2D eigenvalue weighted by Gasteiger charge is 2.23. The van der Waals surface area contributed by atoms with Gasteiger partial charge in [0.15, 0.2) is 5.78 Å². The highest BCUT2D eigenvalue weighted by molar-refractivity contribution is 6.00. The maximum atomic E-state index is 11.3. The van der Waals surface area contributed by atoms with Crippen molar-refractivity contribution in [1.29, 1.82) is 0 Å². The number of nitrogens with zero attached hydrogens (tertiary/aromatic N) is 2. The first-order valence-corrected chi connectivity index (χ1v) is 3.84. The second kappa shape index (κ2) is 2.27. The Hall–Kier alpha value is -1.45. The Morgan fingerprint density at radius 3 is 2.83 bits per heavy atom. The van der Waals surface area contributed by atoms with Crippen LogP contribution in [0.5, 0.6) is 0 Å². The number of ketones is 1. The predicted molar refractivity (Wildman–Crippen MR) is 43.8 cm³/mol. The molecule has 0 aliphatic heterocycles. The number of aromatic nitrogens is 2. The average Bonchev–Trinajstić information content (AvgIpc) is 2.31. The molecule has 0 saturated carbocycles. The molecule has 4 nitrogen and oxygen atoms in total. The Balaban J connectivity index is 2.68. The Morgan fingerprint density at radius 2 is 2.08 bits per heavy atom. The number of Topliss-reactive ketones (excluding diaryl/α,β-unsaturated/α-hetero) is 1. The summed E-state index contributed by atoms with van der Waals surface area (Å²) >= 11 is 0. The number of aryl methyl sites for hydroxylation is 2. The van der Waals surface area contributed by atoms with Crippen LogP contribution >= 0.6 is 0 Å². The molecule has 0 aromatic carbocycles. The normalized spacial score (nSPS) is 14.9. The monoisotopic (exact) mass is 163 g/mol. The Kier molecular flexibility index (Phi) is 1.36. The van der Waals surface area contributed by atoms with Crippen LogP contribution in [0.1, 0.15) is 28.2 Å². The molecule has 0 saturated heterocycles. The third-order valence-corrected chi connectivity index (χ3v) is 2.05. The second-order valence-electron chi connectivity index (χ2n) is 2.91. The maximum Gasteiger partial charge on any atom is 0.220 e. The molecule has 1 aliphatic carbocycles. The number of hydrogen-bond acceptors (Lipinski definition) is 4. The van der Waals surface area contributed by atoms with Gasteiger partial charge < -0.3 is 5.73 Å². The lowest BCUT2D eigenvalue weighted by atomic mass is 10.2. The zero-order valence-corrected chi connectivity index (χ0v) is 6.79. The molecule has 4 heteroatoms. The largest absolute Gasteiger partial charge is 0.368 e. The van der Waals surface area contributed by atoms with Crippen LogP contribution in [0.3, 0.4) is 0 Å². The molecule has 0 fully saturated rings. The summed E-state index contributed by atoms with van der Waals surface area (Å²) < 4.78 is 0. The fraction of sp³-hybridized carbons (Fsp3) is 0.375. The van der Waals surface area contributed by atoms with Gasteiger partial charge in [-0.3, -0.25) is 4.79 Å². The number of carbonyl (C=O) groups excluding carboxylic acids is 1. The standard InChI is InChI=1S/C8H9N3O/c1-4-7-5(2-3-6(7)12)11-8(9)10-4/h2-3H2,1H3,(H2,9,10,11). The van der Waals surface area contributed by atoms with E-state index in [9.17, 15) is 4.79 Å². The van der Waals surface area contributed by atoms with Gasteiger partial charge in [-0.05, 0) is 13.3 Å². The summed E-state index contributed by atoms with van der Waals surface area (Å²) in [6.07, 6.45) is 1.26. The van der Waals surface area contributed by atoms with Gasteiger partial charge in [-0.25, -0.2) is 9.97 Å². The molecule has 0 radical (unpaired) electrons. The lowest BCUT2D eigenvalue weighted by Crippen LogP contribution is -2.04. The molecule has 2 N–H and O–H groups in total. The first-order valence-electron chi connectivity index (χ1n) is 3.84. The van der Waals surface area contributed by atoms with E-state index in [1.807, 2.05) is 0 Å². The van der Waals surface area contributed by atoms with Crippen LogP contribution in [0.4, 0.5) is 5.95 Å². The van der Waals surface area contributed by atoms with Gasteiger partial charge in [0, 0.05) is 6.42 Å². The third kappa shape index (κ3) is 0.879. The van der Waals surface area contributed by atoms with Gasteiger partial charge in [-0.15, -0.1) is 0 Å². The van der Waals surface area contributed by atoms with E-state index in [0.29, 0.717) is 24.1 Å². The van der Waals surface area contributed by atoms with Crippen LogP contribution in [0.25, 0.3) is 0 Å². The van der Waals surface area contributed by atoms with E-state index in [4.69, 9.17) is 5.73 Å². The van der Waals surface area contributed by atoms with Crippen molar-refractivity contribution in [3.8, 4) is 0 Å². The molecule has 0 unspecified atom stereocenters. The Bertz CT molecular complexity index is 360. The number of anilines is 1. The van der Waals surface area contributed by atoms with Crippen molar-refractivity contribution in [3.05, 3.63) is 17.0 Å². The van der Waals surface area contributed by atoms with Crippen LogP contribution in [0, 0.1) is 6.92 Å².